The van der Waals surface area contributed by atoms with Gasteiger partial charge in [0.15, 0.2) is 5.72 Å². The fourth-order valence-electron chi connectivity index (χ4n) is 7.26. The number of hydrogen-bond acceptors (Lipinski definition) is 5. The summed E-state index contributed by atoms with van der Waals surface area (Å²) in [6, 6.07) is 28.4. The van der Waals surface area contributed by atoms with Crippen LogP contribution in [0.15, 0.2) is 84.9 Å². The summed E-state index contributed by atoms with van der Waals surface area (Å²) in [6.07, 6.45) is 0.523. The van der Waals surface area contributed by atoms with Gasteiger partial charge < -0.3 is 29.6 Å². The van der Waals surface area contributed by atoms with Gasteiger partial charge in [-0.25, -0.2) is 0 Å². The summed E-state index contributed by atoms with van der Waals surface area (Å²) in [6.45, 7) is 4.56. The Bertz CT molecular complexity index is 1900. The SMILES string of the molecule is COC1C(N(C)C=O)CC2OC1(C)Nc1ccccc1-c1cc3c(c4c1CNC4=O)c1ccccc1n32.Cc1ccccc1. The minimum absolute atomic E-state index is 0.0559. The number of hydrogen-bond donors (Lipinski definition) is 2. The Hall–Kier alpha value is -4.66. The first-order chi connectivity index (χ1) is 21.3. The maximum atomic E-state index is 13.3. The van der Waals surface area contributed by atoms with E-state index < -0.39 is 18.1 Å². The molecule has 1 saturated heterocycles. The molecule has 2 amide bonds. The highest BCUT2D eigenvalue weighted by Crippen LogP contribution is 2.48. The van der Waals surface area contributed by atoms with Crippen molar-refractivity contribution in [1.82, 2.24) is 14.8 Å². The number of nitrogens with zero attached hydrogens (tertiary/aromatic N) is 2. The Morgan fingerprint density at radius 3 is 2.45 bits per heavy atom. The number of rotatable bonds is 3. The number of fused-ring (bicyclic) bond motifs is 12. The highest BCUT2D eigenvalue weighted by Gasteiger charge is 2.51. The van der Waals surface area contributed by atoms with E-state index >= 15 is 0 Å². The van der Waals surface area contributed by atoms with Crippen LogP contribution < -0.4 is 10.6 Å². The quantitative estimate of drug-likeness (QED) is 0.244. The molecule has 4 atom stereocenters. The molecule has 8 heteroatoms. The third-order valence-corrected chi connectivity index (χ3v) is 9.25. The van der Waals surface area contributed by atoms with Gasteiger partial charge >= 0.3 is 0 Å². The molecule has 1 fully saturated rings. The van der Waals surface area contributed by atoms with E-state index in [-0.39, 0.29) is 11.9 Å². The van der Waals surface area contributed by atoms with Crippen LogP contribution in [0.5, 0.6) is 0 Å². The molecule has 8 nitrogen and oxygen atoms in total. The van der Waals surface area contributed by atoms with Gasteiger partial charge in [0.05, 0.1) is 22.6 Å². The van der Waals surface area contributed by atoms with Crippen LogP contribution in [0, 0.1) is 6.92 Å². The number of benzene rings is 4. The molecule has 3 aliphatic heterocycles. The number of carbonyl (C=O) groups is 2. The second-order valence-corrected chi connectivity index (χ2v) is 12.0. The standard InChI is InChI=1S/C29H28N4O4.C7H8/c1-29-27(36-3)23(32(2)15-34)13-24(37-29)33-21-11-7-5-9-17(21)25-22(33)12-18(19-14-30-28(35)26(19)25)16-8-4-6-10-20(16)31-29;1-7-5-3-2-4-6-7/h4-12,15,23-24,27,31H,13-14H2,1-3H3,(H,30,35);2-6H,1H3. The van der Waals surface area contributed by atoms with Crippen LogP contribution in [-0.2, 0) is 20.8 Å². The molecule has 0 aliphatic carbocycles. The zero-order valence-corrected chi connectivity index (χ0v) is 25.3. The number of aryl methyl sites for hydroxylation is 1. The van der Waals surface area contributed by atoms with Gasteiger partial charge in [0.2, 0.25) is 6.41 Å². The molecular formula is C36H36N4O4. The number of methoxy groups -OCH3 is 1. The van der Waals surface area contributed by atoms with Crippen molar-refractivity contribution in [2.45, 2.75) is 50.9 Å². The summed E-state index contributed by atoms with van der Waals surface area (Å²) in [4.78, 5) is 26.9. The van der Waals surface area contributed by atoms with Crippen molar-refractivity contribution >= 4 is 39.8 Å². The van der Waals surface area contributed by atoms with Crippen LogP contribution in [0.1, 0.15) is 41.1 Å². The minimum atomic E-state index is -0.957. The van der Waals surface area contributed by atoms with Crippen molar-refractivity contribution in [3.8, 4) is 11.1 Å². The van der Waals surface area contributed by atoms with Gasteiger partial charge in [0.25, 0.3) is 5.91 Å². The van der Waals surface area contributed by atoms with Crippen LogP contribution in [0.3, 0.4) is 0 Å². The molecule has 0 saturated carbocycles. The molecule has 44 heavy (non-hydrogen) atoms. The normalized spacial score (nSPS) is 23.2. The third-order valence-electron chi connectivity index (χ3n) is 9.25. The van der Waals surface area contributed by atoms with E-state index in [1.165, 1.54) is 5.56 Å². The summed E-state index contributed by atoms with van der Waals surface area (Å²) in [5.74, 6) is -0.0559. The zero-order valence-electron chi connectivity index (χ0n) is 25.3. The summed E-state index contributed by atoms with van der Waals surface area (Å²) in [5.41, 5.74) is 6.92. The van der Waals surface area contributed by atoms with Gasteiger partial charge in [-0.2, -0.15) is 0 Å². The molecule has 4 bridgehead atoms. The number of carbonyl (C=O) groups excluding carboxylic acids is 2. The van der Waals surface area contributed by atoms with Gasteiger partial charge in [-0.15, -0.1) is 0 Å². The topological polar surface area (TPSA) is 84.8 Å². The lowest BCUT2D eigenvalue weighted by Crippen LogP contribution is -2.63. The second kappa shape index (κ2) is 10.8. The Balaban J connectivity index is 0.000000396. The Labute approximate surface area is 256 Å². The monoisotopic (exact) mass is 588 g/mol. The lowest BCUT2D eigenvalue weighted by Gasteiger charge is -2.51. The van der Waals surface area contributed by atoms with Crippen LogP contribution in [0.4, 0.5) is 5.69 Å². The molecule has 2 N–H and O–H groups in total. The number of anilines is 1. The van der Waals surface area contributed by atoms with Crippen molar-refractivity contribution < 1.29 is 19.1 Å². The van der Waals surface area contributed by atoms with Crippen molar-refractivity contribution in [3.05, 3.63) is 102 Å². The van der Waals surface area contributed by atoms with Crippen LogP contribution in [0.25, 0.3) is 32.9 Å². The molecule has 0 radical (unpaired) electrons. The van der Waals surface area contributed by atoms with Gasteiger partial charge in [-0.3, -0.25) is 9.59 Å². The molecule has 224 valence electrons. The molecular weight excluding hydrogens is 552 g/mol. The number of aromatic nitrogens is 1. The first-order valence-electron chi connectivity index (χ1n) is 15.0. The Morgan fingerprint density at radius 1 is 1.00 bits per heavy atom. The molecule has 8 rings (SSSR count). The summed E-state index contributed by atoms with van der Waals surface area (Å²) in [7, 11) is 3.45. The molecule has 4 aromatic carbocycles. The van der Waals surface area contributed by atoms with Gasteiger partial charge in [0, 0.05) is 49.1 Å². The van der Waals surface area contributed by atoms with E-state index in [1.54, 1.807) is 19.1 Å². The van der Waals surface area contributed by atoms with Crippen molar-refractivity contribution in [2.75, 3.05) is 19.5 Å². The first-order valence-corrected chi connectivity index (χ1v) is 15.0. The maximum Gasteiger partial charge on any atom is 0.252 e. The Morgan fingerprint density at radius 2 is 1.73 bits per heavy atom. The number of amides is 2. The number of nitrogens with one attached hydrogen (secondary N) is 2. The van der Waals surface area contributed by atoms with E-state index in [1.807, 2.05) is 55.5 Å². The third kappa shape index (κ3) is 4.36. The van der Waals surface area contributed by atoms with Crippen LogP contribution >= 0.6 is 0 Å². The van der Waals surface area contributed by atoms with Crippen molar-refractivity contribution in [3.63, 3.8) is 0 Å². The van der Waals surface area contributed by atoms with E-state index in [0.717, 1.165) is 56.2 Å². The average Bonchev–Trinajstić information content (AvgIpc) is 3.58. The van der Waals surface area contributed by atoms with E-state index in [0.29, 0.717) is 13.0 Å². The lowest BCUT2D eigenvalue weighted by atomic mass is 9.89. The van der Waals surface area contributed by atoms with E-state index in [9.17, 15) is 9.59 Å². The fraction of sp³-hybridized carbons (Fsp3) is 0.278. The molecule has 4 heterocycles. The molecule has 1 aromatic heterocycles. The molecule has 5 aromatic rings. The number of likely N-dealkylation sites (N-methyl/N-ethyl adjacent to an activating group) is 1. The predicted octanol–water partition coefficient (Wildman–Crippen LogP) is 6.23. The summed E-state index contributed by atoms with van der Waals surface area (Å²) >= 11 is 0. The summed E-state index contributed by atoms with van der Waals surface area (Å²) in [5, 5.41) is 8.68. The molecule has 4 unspecified atom stereocenters. The number of para-hydroxylation sites is 2. The van der Waals surface area contributed by atoms with Crippen LogP contribution in [0.2, 0.25) is 0 Å². The van der Waals surface area contributed by atoms with Crippen molar-refractivity contribution in [1.29, 1.82) is 0 Å². The van der Waals surface area contributed by atoms with Gasteiger partial charge in [-0.05, 0) is 43.2 Å². The molecule has 0 spiro atoms. The van der Waals surface area contributed by atoms with Crippen molar-refractivity contribution in [2.24, 2.45) is 0 Å². The van der Waals surface area contributed by atoms with E-state index in [4.69, 9.17) is 9.47 Å². The smallest absolute Gasteiger partial charge is 0.252 e. The largest absolute Gasteiger partial charge is 0.374 e. The Kier molecular flexibility index (Phi) is 6.91. The highest BCUT2D eigenvalue weighted by molar-refractivity contribution is 6.21. The van der Waals surface area contributed by atoms with E-state index in [2.05, 4.69) is 58.5 Å². The minimum Gasteiger partial charge on any atom is -0.374 e. The predicted molar refractivity (Wildman–Crippen MR) is 172 cm³/mol. The summed E-state index contributed by atoms with van der Waals surface area (Å²) < 4.78 is 15.1. The fourth-order valence-corrected chi connectivity index (χ4v) is 7.26. The first kappa shape index (κ1) is 28.1. The lowest BCUT2D eigenvalue weighted by molar-refractivity contribution is -0.219. The zero-order chi connectivity index (χ0) is 30.6. The highest BCUT2D eigenvalue weighted by atomic mass is 16.6. The maximum absolute atomic E-state index is 13.3. The molecule has 3 aliphatic rings. The van der Waals surface area contributed by atoms with Gasteiger partial charge in [-0.1, -0.05) is 72.3 Å². The van der Waals surface area contributed by atoms with Gasteiger partial charge in [0.1, 0.15) is 12.3 Å². The number of ether oxygens (including phenoxy) is 2. The second-order valence-electron chi connectivity index (χ2n) is 12.0. The van der Waals surface area contributed by atoms with Crippen LogP contribution in [-0.4, -0.2) is 53.8 Å². The average molecular weight is 589 g/mol.